The summed E-state index contributed by atoms with van der Waals surface area (Å²) in [6.07, 6.45) is 0. The lowest BCUT2D eigenvalue weighted by molar-refractivity contribution is 0.600. The number of hydrogen-bond acceptors (Lipinski definition) is 3. The topological polar surface area (TPSA) is 64.0 Å². The molecule has 0 saturated heterocycles. The largest absolute Gasteiger partial charge is 0.263 e. The van der Waals surface area contributed by atoms with Gasteiger partial charge >= 0.3 is 0 Å². The molecule has 1 N–H and O–H groups in total. The van der Waals surface area contributed by atoms with E-state index in [4.69, 9.17) is 0 Å². The molecular weight excluding hydrogens is 397 g/mol. The summed E-state index contributed by atoms with van der Waals surface area (Å²) in [5.41, 5.74) is 1.19. The Morgan fingerprint density at radius 3 is 2.33 bits per heavy atom. The van der Waals surface area contributed by atoms with Crippen molar-refractivity contribution >= 4 is 31.8 Å². The van der Waals surface area contributed by atoms with Crippen molar-refractivity contribution < 1.29 is 12.8 Å². The molecule has 0 radical (unpaired) electrons. The van der Waals surface area contributed by atoms with E-state index in [9.17, 15) is 12.8 Å². The van der Waals surface area contributed by atoms with Crippen molar-refractivity contribution in [2.75, 3.05) is 4.72 Å². The van der Waals surface area contributed by atoms with Crippen LogP contribution in [0.3, 0.4) is 0 Å². The second kappa shape index (κ2) is 6.37. The van der Waals surface area contributed by atoms with Crippen LogP contribution in [0.4, 0.5) is 10.2 Å². The average Bonchev–Trinajstić information content (AvgIpc) is 2.88. The van der Waals surface area contributed by atoms with E-state index in [1.165, 1.54) is 41.1 Å². The molecular formula is C16H13BrFN3O2S. The minimum Gasteiger partial charge on any atom is -0.263 e. The summed E-state index contributed by atoms with van der Waals surface area (Å²) in [6, 6.07) is 13.5. The van der Waals surface area contributed by atoms with Crippen LogP contribution in [0.5, 0.6) is 0 Å². The van der Waals surface area contributed by atoms with Crippen LogP contribution < -0.4 is 4.72 Å². The van der Waals surface area contributed by atoms with Crippen LogP contribution in [0.1, 0.15) is 5.69 Å². The van der Waals surface area contributed by atoms with Gasteiger partial charge in [-0.1, -0.05) is 15.9 Å². The smallest absolute Gasteiger partial charge is 0.263 e. The summed E-state index contributed by atoms with van der Waals surface area (Å²) < 4.78 is 42.9. The first kappa shape index (κ1) is 16.7. The second-order valence-electron chi connectivity index (χ2n) is 5.12. The molecule has 0 unspecified atom stereocenters. The fraction of sp³-hybridized carbons (Fsp3) is 0.0625. The van der Waals surface area contributed by atoms with Crippen LogP contribution in [0.15, 0.2) is 64.0 Å². The Morgan fingerprint density at radius 2 is 1.71 bits per heavy atom. The fourth-order valence-corrected chi connectivity index (χ4v) is 3.46. The predicted molar refractivity (Wildman–Crippen MR) is 93.2 cm³/mol. The van der Waals surface area contributed by atoms with Crippen LogP contribution in [-0.4, -0.2) is 18.2 Å². The van der Waals surface area contributed by atoms with Crippen molar-refractivity contribution in [1.29, 1.82) is 0 Å². The lowest BCUT2D eigenvalue weighted by Gasteiger charge is -2.10. The number of hydrogen-bond donors (Lipinski definition) is 1. The minimum absolute atomic E-state index is 0.134. The van der Waals surface area contributed by atoms with Crippen molar-refractivity contribution in [3.05, 3.63) is 70.6 Å². The number of rotatable bonds is 4. The summed E-state index contributed by atoms with van der Waals surface area (Å²) >= 11 is 3.27. The number of halogens is 2. The third kappa shape index (κ3) is 3.49. The quantitative estimate of drug-likeness (QED) is 0.710. The summed E-state index contributed by atoms with van der Waals surface area (Å²) in [5.74, 6) is -0.0957. The number of aromatic nitrogens is 2. The van der Waals surface area contributed by atoms with E-state index < -0.39 is 10.0 Å². The molecule has 124 valence electrons. The molecule has 0 aliphatic carbocycles. The van der Waals surface area contributed by atoms with E-state index in [2.05, 4.69) is 25.8 Å². The Balaban J connectivity index is 1.98. The van der Waals surface area contributed by atoms with Gasteiger partial charge in [0, 0.05) is 10.5 Å². The summed E-state index contributed by atoms with van der Waals surface area (Å²) in [6.45, 7) is 1.75. The van der Waals surface area contributed by atoms with E-state index in [0.717, 1.165) is 4.47 Å². The van der Waals surface area contributed by atoms with Gasteiger partial charge in [-0.05, 0) is 55.5 Å². The van der Waals surface area contributed by atoms with Crippen LogP contribution >= 0.6 is 15.9 Å². The highest BCUT2D eigenvalue weighted by molar-refractivity contribution is 9.10. The molecule has 0 amide bonds. The molecule has 1 aromatic heterocycles. The monoisotopic (exact) mass is 409 g/mol. The molecule has 3 aromatic rings. The Labute approximate surface area is 147 Å². The van der Waals surface area contributed by atoms with Crippen LogP contribution in [0.25, 0.3) is 5.69 Å². The molecule has 0 bridgehead atoms. The maximum atomic E-state index is 13.1. The van der Waals surface area contributed by atoms with Crippen molar-refractivity contribution in [3.63, 3.8) is 0 Å². The van der Waals surface area contributed by atoms with E-state index in [1.807, 2.05) is 0 Å². The van der Waals surface area contributed by atoms with Gasteiger partial charge in [0.2, 0.25) is 0 Å². The van der Waals surface area contributed by atoms with Gasteiger partial charge in [-0.15, -0.1) is 0 Å². The van der Waals surface area contributed by atoms with E-state index in [-0.39, 0.29) is 16.5 Å². The summed E-state index contributed by atoms with van der Waals surface area (Å²) in [4.78, 5) is 0.134. The molecule has 3 rings (SSSR count). The molecule has 0 atom stereocenters. The molecule has 1 heterocycles. The van der Waals surface area contributed by atoms with Gasteiger partial charge in [0.1, 0.15) is 11.6 Å². The summed E-state index contributed by atoms with van der Waals surface area (Å²) in [7, 11) is -3.76. The zero-order valence-corrected chi connectivity index (χ0v) is 15.0. The molecule has 24 heavy (non-hydrogen) atoms. The predicted octanol–water partition coefficient (Wildman–Crippen LogP) is 3.88. The molecule has 0 aliphatic rings. The Morgan fingerprint density at radius 1 is 1.08 bits per heavy atom. The molecule has 2 aromatic carbocycles. The number of anilines is 1. The van der Waals surface area contributed by atoms with Crippen LogP contribution in [0, 0.1) is 12.7 Å². The minimum atomic E-state index is -3.76. The average molecular weight is 410 g/mol. The maximum Gasteiger partial charge on any atom is 0.263 e. The number of benzene rings is 2. The zero-order chi connectivity index (χ0) is 17.3. The zero-order valence-electron chi connectivity index (χ0n) is 12.6. The first-order valence-corrected chi connectivity index (χ1v) is 9.24. The van der Waals surface area contributed by atoms with Gasteiger partial charge in [0.05, 0.1) is 16.3 Å². The molecule has 8 heteroatoms. The molecule has 5 nitrogen and oxygen atoms in total. The first-order chi connectivity index (χ1) is 11.3. The van der Waals surface area contributed by atoms with Crippen molar-refractivity contribution in [2.24, 2.45) is 0 Å². The van der Waals surface area contributed by atoms with Gasteiger partial charge in [-0.3, -0.25) is 4.72 Å². The second-order valence-corrected chi connectivity index (χ2v) is 7.72. The van der Waals surface area contributed by atoms with Crippen molar-refractivity contribution in [3.8, 4) is 5.69 Å². The maximum absolute atomic E-state index is 13.1. The van der Waals surface area contributed by atoms with Crippen molar-refractivity contribution in [1.82, 2.24) is 9.78 Å². The van der Waals surface area contributed by atoms with Gasteiger partial charge in [-0.2, -0.15) is 5.10 Å². The third-order valence-electron chi connectivity index (χ3n) is 3.27. The molecule has 0 saturated carbocycles. The Hall–Kier alpha value is -2.19. The molecule has 0 fully saturated rings. The third-order valence-corrected chi connectivity index (χ3v) is 5.16. The lowest BCUT2D eigenvalue weighted by atomic mass is 10.3. The molecule has 0 spiro atoms. The van der Waals surface area contributed by atoms with Gasteiger partial charge in [0.25, 0.3) is 10.0 Å². The number of sulfonamides is 1. The summed E-state index contributed by atoms with van der Waals surface area (Å²) in [5, 5.41) is 4.26. The van der Waals surface area contributed by atoms with Gasteiger partial charge in [-0.25, -0.2) is 17.5 Å². The normalized spacial score (nSPS) is 11.5. The van der Waals surface area contributed by atoms with Gasteiger partial charge in [0.15, 0.2) is 0 Å². The standard InChI is InChI=1S/C16H13BrFN3O2S/c1-11-10-16(21(19-11)14-6-4-13(18)5-7-14)20-24(22,23)15-8-2-12(17)3-9-15/h2-10,20H,1H3. The fourth-order valence-electron chi connectivity index (χ4n) is 2.16. The molecule has 0 aliphatic heterocycles. The van der Waals surface area contributed by atoms with Crippen LogP contribution in [-0.2, 0) is 10.0 Å². The SMILES string of the molecule is Cc1cc(NS(=O)(=O)c2ccc(Br)cc2)n(-c2ccc(F)cc2)n1. The van der Waals surface area contributed by atoms with E-state index >= 15 is 0 Å². The number of nitrogens with zero attached hydrogens (tertiary/aromatic N) is 2. The lowest BCUT2D eigenvalue weighted by Crippen LogP contribution is -2.15. The van der Waals surface area contributed by atoms with E-state index in [0.29, 0.717) is 11.4 Å². The highest BCUT2D eigenvalue weighted by Gasteiger charge is 2.18. The highest BCUT2D eigenvalue weighted by atomic mass is 79.9. The first-order valence-electron chi connectivity index (χ1n) is 6.96. The Kier molecular flexibility index (Phi) is 4.42. The van der Waals surface area contributed by atoms with Gasteiger partial charge < -0.3 is 0 Å². The highest BCUT2D eigenvalue weighted by Crippen LogP contribution is 2.22. The number of aryl methyl sites for hydroxylation is 1. The van der Waals surface area contributed by atoms with E-state index in [1.54, 1.807) is 25.1 Å². The van der Waals surface area contributed by atoms with Crippen LogP contribution in [0.2, 0.25) is 0 Å². The van der Waals surface area contributed by atoms with Crippen molar-refractivity contribution in [2.45, 2.75) is 11.8 Å². The number of nitrogens with one attached hydrogen (secondary N) is 1. The Bertz CT molecular complexity index is 968.